The van der Waals surface area contributed by atoms with Crippen molar-refractivity contribution in [2.45, 2.75) is 0 Å². The van der Waals surface area contributed by atoms with E-state index >= 15 is 0 Å². The van der Waals surface area contributed by atoms with Gasteiger partial charge in [0.15, 0.2) is 17.4 Å². The molecule has 0 amide bonds. The van der Waals surface area contributed by atoms with Gasteiger partial charge in [-0.1, -0.05) is 0 Å². The van der Waals surface area contributed by atoms with Gasteiger partial charge in [-0.25, -0.2) is 0 Å². The molecule has 0 aromatic carbocycles. The Hall–Kier alpha value is 3.14. The van der Waals surface area contributed by atoms with E-state index in [-0.39, 0.29) is 94.8 Å². The molecule has 0 aromatic rings. The normalized spacial score (nSPS) is 0. The summed E-state index contributed by atoms with van der Waals surface area (Å²) in [6, 6.07) is 0. The number of hydrogen-bond acceptors (Lipinski definition) is 0. The van der Waals surface area contributed by atoms with E-state index in [1.165, 1.54) is 0 Å². The van der Waals surface area contributed by atoms with Gasteiger partial charge in [0.25, 0.3) is 0 Å². The van der Waals surface area contributed by atoms with Crippen LogP contribution in [0.4, 0.5) is 0 Å². The third-order valence-electron chi connectivity index (χ3n) is 0. The Bertz CT molecular complexity index is 8.00. The van der Waals surface area contributed by atoms with Crippen LogP contribution in [0.3, 0.4) is 0 Å². The average molecular weight is 572 g/mol. The van der Waals surface area contributed by atoms with E-state index in [0.29, 0.717) is 0 Å². The first kappa shape index (κ1) is 27.3. The molecule has 0 aliphatic carbocycles. The van der Waals surface area contributed by atoms with Gasteiger partial charge < -0.3 is 0 Å². The van der Waals surface area contributed by atoms with E-state index < -0.39 is 0 Å². The average Bonchev–Trinajstić information content (AvgIpc) is 0. The molecular weight excluding hydrogens is 562 g/mol. The van der Waals surface area contributed by atoms with Gasteiger partial charge in [-0.15, -0.1) is 0 Å². The molecule has 4 radical (unpaired) electrons. The summed E-state index contributed by atoms with van der Waals surface area (Å²) in [6.45, 7) is 0. The second-order valence-corrected chi connectivity index (χ2v) is 0. The minimum absolute atomic E-state index is 0. The van der Waals surface area contributed by atoms with Gasteiger partial charge in [0.2, 0.25) is 0 Å². The molecule has 0 bridgehead atoms. The number of rotatable bonds is 0. The Morgan fingerprint density at radius 2 is 1.00 bits per heavy atom. The molecule has 0 spiro atoms. The molecule has 26 valence electrons. The molecule has 4 heavy (non-hydrogen) atoms. The third kappa shape index (κ3) is 8.93. The molecule has 0 saturated heterocycles. The quantitative estimate of drug-likeness (QED) is 0.259. The SMILES string of the molecule is [AlH3].[BiH3].[PbH2].[SnH2]. The van der Waals surface area contributed by atoms with Crippen molar-refractivity contribution in [3.63, 3.8) is 0 Å². The minimum atomic E-state index is 0. The van der Waals surface area contributed by atoms with Crippen molar-refractivity contribution in [1.29, 1.82) is 0 Å². The summed E-state index contributed by atoms with van der Waals surface area (Å²) < 4.78 is 0. The van der Waals surface area contributed by atoms with E-state index in [0.717, 1.165) is 0 Å². The van der Waals surface area contributed by atoms with Crippen LogP contribution in [-0.2, 0) is 0 Å². The molecule has 0 aliphatic rings. The predicted molar refractivity (Wildman–Crippen MR) is 37.0 cm³/mol. The number of hydrogen-bond donors (Lipinski definition) is 0. The molecule has 4 heteroatoms. The van der Waals surface area contributed by atoms with E-state index in [1.54, 1.807) is 0 Å². The van der Waals surface area contributed by atoms with Crippen molar-refractivity contribution in [1.82, 2.24) is 0 Å². The second kappa shape index (κ2) is 16.5. The Morgan fingerprint density at radius 3 is 1.00 bits per heavy atom. The van der Waals surface area contributed by atoms with Crippen LogP contribution >= 0.6 is 0 Å². The summed E-state index contributed by atoms with van der Waals surface area (Å²) in [7, 11) is 0. The first-order valence-corrected chi connectivity index (χ1v) is 0. The Labute approximate surface area is 92.9 Å². The molecule has 0 heterocycles. The predicted octanol–water partition coefficient (Wildman–Crippen LogP) is -4.20. The van der Waals surface area contributed by atoms with Gasteiger partial charge in [-0.3, -0.25) is 0 Å². The Morgan fingerprint density at radius 1 is 1.00 bits per heavy atom. The van der Waals surface area contributed by atoms with Crippen molar-refractivity contribution in [3.05, 3.63) is 0 Å². The van der Waals surface area contributed by atoms with E-state index in [1.807, 2.05) is 0 Å². The zero-order valence-corrected chi connectivity index (χ0v) is 17.2. The molecule has 0 atom stereocenters. The molecule has 0 rings (SSSR count). The maximum atomic E-state index is 0. The van der Waals surface area contributed by atoms with Crippen LogP contribution < -0.4 is 0 Å². The van der Waals surface area contributed by atoms with Crippen LogP contribution in [0, 0.1) is 0 Å². The fourth-order valence-electron chi connectivity index (χ4n) is 0. The Balaban J connectivity index is 0. The van der Waals surface area contributed by atoms with Crippen LogP contribution in [0.25, 0.3) is 0 Å². The summed E-state index contributed by atoms with van der Waals surface area (Å²) in [4.78, 5) is 0. The topological polar surface area (TPSA) is 0 Å². The third-order valence-corrected chi connectivity index (χ3v) is 0. The standard InChI is InChI=1S/Al.Bi.Pb.Sn.10H. The van der Waals surface area contributed by atoms with Crippen molar-refractivity contribution in [3.8, 4) is 0 Å². The summed E-state index contributed by atoms with van der Waals surface area (Å²) in [5, 5.41) is 0. The van der Waals surface area contributed by atoms with Crippen molar-refractivity contribution in [2.24, 2.45) is 0 Å². The summed E-state index contributed by atoms with van der Waals surface area (Å²) >= 11 is 0. The fourth-order valence-corrected chi connectivity index (χ4v) is 0. The van der Waals surface area contributed by atoms with Crippen molar-refractivity contribution >= 4 is 94.8 Å². The molecule has 0 fully saturated rings. The molecule has 0 aliphatic heterocycles. The molecule has 0 nitrogen and oxygen atoms in total. The van der Waals surface area contributed by atoms with Crippen LogP contribution in [0.15, 0.2) is 0 Å². The maximum absolute atomic E-state index is 0. The van der Waals surface area contributed by atoms with Crippen molar-refractivity contribution in [2.75, 3.05) is 0 Å². The van der Waals surface area contributed by atoms with Crippen LogP contribution in [-0.4, -0.2) is 94.8 Å². The Kier molecular flexibility index (Phi) is 112. The molecule has 0 aromatic heterocycles. The monoisotopic (exact) mass is 574 g/mol. The molecule has 0 N–H and O–H groups in total. The summed E-state index contributed by atoms with van der Waals surface area (Å²) in [6.07, 6.45) is 0. The first-order valence-electron chi connectivity index (χ1n) is 0. The van der Waals surface area contributed by atoms with E-state index in [4.69, 9.17) is 0 Å². The van der Waals surface area contributed by atoms with Gasteiger partial charge in [-0.2, -0.15) is 0 Å². The van der Waals surface area contributed by atoms with Gasteiger partial charge in [0.05, 0.1) is 0 Å². The second-order valence-electron chi connectivity index (χ2n) is 0. The van der Waals surface area contributed by atoms with E-state index in [9.17, 15) is 0 Å². The zero-order valence-electron chi connectivity index (χ0n) is 2.12. The summed E-state index contributed by atoms with van der Waals surface area (Å²) in [5.74, 6) is 0. The van der Waals surface area contributed by atoms with Crippen molar-refractivity contribution < 1.29 is 0 Å². The first-order chi connectivity index (χ1) is 0. The van der Waals surface area contributed by atoms with Gasteiger partial charge in [0.1, 0.15) is 0 Å². The van der Waals surface area contributed by atoms with Crippen LogP contribution in [0.2, 0.25) is 0 Å². The molecule has 0 unspecified atom stereocenters. The van der Waals surface area contributed by atoms with Gasteiger partial charge in [-0.05, 0) is 0 Å². The van der Waals surface area contributed by atoms with E-state index in [2.05, 4.69) is 0 Å². The van der Waals surface area contributed by atoms with Crippen LogP contribution in [0.5, 0.6) is 0 Å². The molecule has 0 saturated carbocycles. The van der Waals surface area contributed by atoms with Gasteiger partial charge >= 0.3 is 77.4 Å². The van der Waals surface area contributed by atoms with Gasteiger partial charge in [0, 0.05) is 0 Å². The fraction of sp³-hybridized carbons (Fsp3) is 0. The molecular formula is H10AlBiPbSn. The summed E-state index contributed by atoms with van der Waals surface area (Å²) in [5.41, 5.74) is 0. The zero-order chi connectivity index (χ0) is 0. The van der Waals surface area contributed by atoms with Crippen LogP contribution in [0.1, 0.15) is 0 Å².